The minimum Gasteiger partial charge on any atom is -0.492 e. The second-order valence-corrected chi connectivity index (χ2v) is 16.1. The van der Waals surface area contributed by atoms with Crippen molar-refractivity contribution in [3.05, 3.63) is 94.3 Å². The highest BCUT2D eigenvalue weighted by Crippen LogP contribution is 2.40. The smallest absolute Gasteiger partial charge is 0.255 e. The average molecular weight is 904 g/mol. The summed E-state index contributed by atoms with van der Waals surface area (Å²) in [5.74, 6) is -2.10. The molecule has 3 aromatic carbocycles. The van der Waals surface area contributed by atoms with E-state index in [0.29, 0.717) is 51.0 Å². The van der Waals surface area contributed by atoms with E-state index < -0.39 is 53.7 Å². The van der Waals surface area contributed by atoms with Crippen LogP contribution in [0.2, 0.25) is 0 Å². The van der Waals surface area contributed by atoms with E-state index in [-0.39, 0.29) is 57.8 Å². The number of nitrogens with one attached hydrogen (secondary N) is 4. The van der Waals surface area contributed by atoms with E-state index in [1.807, 2.05) is 30.3 Å². The Bertz CT molecular complexity index is 2400. The molecule has 1 aromatic heterocycles. The number of aryl methyl sites for hydroxylation is 3. The van der Waals surface area contributed by atoms with Crippen molar-refractivity contribution < 1.29 is 33.4 Å². The number of carbonyl (C=O) groups excluding carboxylic acids is 5. The summed E-state index contributed by atoms with van der Waals surface area (Å²) in [6.07, 6.45) is 3.16. The predicted molar refractivity (Wildman–Crippen MR) is 249 cm³/mol. The molecule has 4 aromatic rings. The van der Waals surface area contributed by atoms with E-state index in [4.69, 9.17) is 31.9 Å². The Morgan fingerprint density at radius 2 is 1.53 bits per heavy atom. The molecule has 5 rings (SSSR count). The first-order valence-electron chi connectivity index (χ1n) is 22.2. The fourth-order valence-corrected chi connectivity index (χ4v) is 7.74. The highest BCUT2D eigenvalue weighted by atomic mass is 16.5. The Morgan fingerprint density at radius 3 is 2.14 bits per heavy atom. The number of likely N-dealkylation sites (N-methyl/N-ethyl adjacent to an activating group) is 1. The predicted octanol–water partition coefficient (Wildman–Crippen LogP) is 2.28. The summed E-state index contributed by atoms with van der Waals surface area (Å²) in [5, 5.41) is 19.9. The monoisotopic (exact) mass is 903 g/mol. The molecular formula is C48H61N11O7. The van der Waals surface area contributed by atoms with Gasteiger partial charge in [0.05, 0.1) is 23.0 Å². The Hall–Kier alpha value is -6.94. The van der Waals surface area contributed by atoms with Gasteiger partial charge in [0.1, 0.15) is 55.4 Å². The van der Waals surface area contributed by atoms with Crippen molar-refractivity contribution in [1.29, 1.82) is 5.26 Å². The molecule has 2 heterocycles. The van der Waals surface area contributed by atoms with Crippen molar-refractivity contribution in [3.8, 4) is 40.1 Å². The van der Waals surface area contributed by atoms with Gasteiger partial charge in [0.25, 0.3) is 5.91 Å². The van der Waals surface area contributed by atoms with E-state index in [1.54, 1.807) is 50.2 Å². The normalized spacial score (nSPS) is 16.4. The molecule has 0 spiro atoms. The van der Waals surface area contributed by atoms with Crippen molar-refractivity contribution in [2.75, 3.05) is 46.4 Å². The fraction of sp³-hybridized carbons (Fsp3) is 0.417. The number of aromatic nitrogens is 2. The lowest BCUT2D eigenvalue weighted by Crippen LogP contribution is -2.56. The number of amides is 5. The van der Waals surface area contributed by atoms with Gasteiger partial charge in [0, 0.05) is 43.2 Å². The van der Waals surface area contributed by atoms with Crippen molar-refractivity contribution in [2.45, 2.75) is 84.0 Å². The van der Waals surface area contributed by atoms with Crippen molar-refractivity contribution in [2.24, 2.45) is 17.2 Å². The lowest BCUT2D eigenvalue weighted by atomic mass is 9.93. The van der Waals surface area contributed by atoms with E-state index >= 15 is 0 Å². The van der Waals surface area contributed by atoms with Crippen LogP contribution in [0.4, 0.5) is 0 Å². The van der Waals surface area contributed by atoms with E-state index in [2.05, 4.69) is 38.2 Å². The van der Waals surface area contributed by atoms with Gasteiger partial charge in [-0.05, 0) is 87.5 Å². The van der Waals surface area contributed by atoms with Crippen LogP contribution in [0.3, 0.4) is 0 Å². The van der Waals surface area contributed by atoms with Crippen LogP contribution >= 0.6 is 0 Å². The zero-order chi connectivity index (χ0) is 47.9. The standard InChI is InChI=1S/C48H61N11O7/c1-6-7-8-31-9-12-33(13-10-31)43-54-28(2)41(29(3)55-43)46(62)57-37(17-18-49)48(64)59(5)42-34-14-16-40(66-24-21-52)36(27-34)35-25-32(11-15-39(35)65-23-20-51)26-38(45(61)53-22-19-50)58-44(60)30(4)56-47(42)63/h9-16,25,27,30,37-38,42H,6-8,17-18,20-24,26,49,51-52H2,1-5H3,(H,53,61)(H,56,63)(H,57,62)(H,58,60). The van der Waals surface area contributed by atoms with Crippen LogP contribution in [0.15, 0.2) is 60.7 Å². The second kappa shape index (κ2) is 23.8. The number of unbranched alkanes of at least 4 members (excludes halogenated alkanes) is 1. The molecule has 4 unspecified atom stereocenters. The Labute approximate surface area is 385 Å². The number of benzene rings is 3. The average Bonchev–Trinajstić information content (AvgIpc) is 3.30. The summed E-state index contributed by atoms with van der Waals surface area (Å²) in [7, 11) is 1.42. The lowest BCUT2D eigenvalue weighted by Gasteiger charge is -2.32. The SMILES string of the molecule is CCCCc1ccc(-c2nc(C)c(C(=O)NC(CCN)C(=O)N(C)C3C(=O)NC(C)C(=O)NC(C(=O)NCC#N)Cc4ccc(OCCN)c(c4)-c4cc3ccc4OCCN)c(C)n2)cc1. The number of nitrogens with zero attached hydrogens (tertiary/aromatic N) is 4. The topological polar surface area (TPSA) is 283 Å². The van der Waals surface area contributed by atoms with Gasteiger partial charge < -0.3 is 52.8 Å². The number of nitrogens with two attached hydrogens (primary N) is 3. The van der Waals surface area contributed by atoms with Crippen LogP contribution in [-0.4, -0.2) is 109 Å². The molecule has 350 valence electrons. The van der Waals surface area contributed by atoms with Crippen molar-refractivity contribution >= 4 is 29.5 Å². The summed E-state index contributed by atoms with van der Waals surface area (Å²) in [5.41, 5.74) is 22.6. The maximum absolute atomic E-state index is 14.7. The van der Waals surface area contributed by atoms with Gasteiger partial charge in [-0.3, -0.25) is 24.0 Å². The zero-order valence-electron chi connectivity index (χ0n) is 38.2. The molecule has 10 N–H and O–H groups in total. The van der Waals surface area contributed by atoms with Crippen LogP contribution < -0.4 is 47.9 Å². The molecule has 18 heteroatoms. The first-order valence-corrected chi connectivity index (χ1v) is 22.2. The molecule has 1 aliphatic heterocycles. The van der Waals surface area contributed by atoms with Gasteiger partial charge in [-0.1, -0.05) is 49.7 Å². The maximum atomic E-state index is 14.7. The molecule has 4 atom stereocenters. The first-order chi connectivity index (χ1) is 31.7. The molecule has 0 fully saturated rings. The molecule has 5 amide bonds. The highest BCUT2D eigenvalue weighted by Gasteiger charge is 2.36. The molecule has 66 heavy (non-hydrogen) atoms. The third-order valence-electron chi connectivity index (χ3n) is 11.1. The highest BCUT2D eigenvalue weighted by molar-refractivity contribution is 6.00. The quantitative estimate of drug-likeness (QED) is 0.0707. The third kappa shape index (κ3) is 12.4. The zero-order valence-corrected chi connectivity index (χ0v) is 38.2. The summed E-state index contributed by atoms with van der Waals surface area (Å²) >= 11 is 0. The molecule has 0 saturated heterocycles. The van der Waals surface area contributed by atoms with Crippen molar-refractivity contribution in [3.63, 3.8) is 0 Å². The summed E-state index contributed by atoms with van der Waals surface area (Å²) in [6, 6.07) is 15.1. The Kier molecular flexibility index (Phi) is 18.1. The number of ether oxygens (including phenoxy) is 2. The lowest BCUT2D eigenvalue weighted by molar-refractivity contribution is -0.141. The third-order valence-corrected chi connectivity index (χ3v) is 11.1. The minimum absolute atomic E-state index is 0.00258. The molecule has 0 aliphatic carbocycles. The summed E-state index contributed by atoms with van der Waals surface area (Å²) < 4.78 is 12.2. The van der Waals surface area contributed by atoms with Crippen LogP contribution in [-0.2, 0) is 32.0 Å². The minimum atomic E-state index is -1.40. The largest absolute Gasteiger partial charge is 0.492 e. The second-order valence-electron chi connectivity index (χ2n) is 16.1. The van der Waals surface area contributed by atoms with Gasteiger partial charge in [-0.25, -0.2) is 9.97 Å². The van der Waals surface area contributed by atoms with Gasteiger partial charge in [0.15, 0.2) is 5.82 Å². The van der Waals surface area contributed by atoms with Gasteiger partial charge >= 0.3 is 0 Å². The van der Waals surface area contributed by atoms with Gasteiger partial charge in [-0.2, -0.15) is 5.26 Å². The first kappa shape index (κ1) is 50.1. The van der Waals surface area contributed by atoms with Gasteiger partial charge in [-0.15, -0.1) is 0 Å². The number of nitriles is 1. The van der Waals surface area contributed by atoms with Crippen LogP contribution in [0.1, 0.15) is 77.6 Å². The molecule has 0 saturated carbocycles. The Morgan fingerprint density at radius 1 is 0.894 bits per heavy atom. The number of rotatable bonds is 18. The maximum Gasteiger partial charge on any atom is 0.255 e. The number of fused-ring (bicyclic) bond motifs is 5. The fourth-order valence-electron chi connectivity index (χ4n) is 7.74. The van der Waals surface area contributed by atoms with E-state index in [9.17, 15) is 24.0 Å². The molecular weight excluding hydrogens is 843 g/mol. The van der Waals surface area contributed by atoms with Crippen LogP contribution in [0.25, 0.3) is 22.5 Å². The molecule has 4 bridgehead atoms. The Balaban J connectivity index is 1.56. The van der Waals surface area contributed by atoms with Crippen LogP contribution in [0, 0.1) is 25.2 Å². The van der Waals surface area contributed by atoms with Crippen molar-refractivity contribution in [1.82, 2.24) is 36.1 Å². The summed E-state index contributed by atoms with van der Waals surface area (Å²) in [4.78, 5) is 81.0. The molecule has 18 nitrogen and oxygen atoms in total. The molecule has 0 radical (unpaired) electrons. The van der Waals surface area contributed by atoms with E-state index in [0.717, 1.165) is 24.8 Å². The number of carbonyl (C=O) groups is 5. The summed E-state index contributed by atoms with van der Waals surface area (Å²) in [6.45, 7) is 7.37. The molecule has 1 aliphatic rings. The van der Waals surface area contributed by atoms with Crippen LogP contribution in [0.5, 0.6) is 11.5 Å². The number of hydrogen-bond acceptors (Lipinski definition) is 13. The van der Waals surface area contributed by atoms with Gasteiger partial charge in [0.2, 0.25) is 23.6 Å². The van der Waals surface area contributed by atoms with E-state index in [1.165, 1.54) is 24.4 Å². The number of hydrogen-bond donors (Lipinski definition) is 7.